The molecule has 2 unspecified atom stereocenters. The molecule has 6 rings (SSSR count). The first-order valence-corrected chi connectivity index (χ1v) is 15.4. The van der Waals surface area contributed by atoms with Gasteiger partial charge in [-0.05, 0) is 78.6 Å². The van der Waals surface area contributed by atoms with Crippen LogP contribution in [-0.2, 0) is 17.7 Å². The van der Waals surface area contributed by atoms with Gasteiger partial charge < -0.3 is 24.2 Å². The average molecular weight is 621 g/mol. The minimum atomic E-state index is -3.18. The van der Waals surface area contributed by atoms with Crippen molar-refractivity contribution in [3.63, 3.8) is 0 Å². The van der Waals surface area contributed by atoms with Crippen LogP contribution in [0, 0.1) is 11.6 Å². The summed E-state index contributed by atoms with van der Waals surface area (Å²) < 4.78 is 69.1. The third-order valence-corrected chi connectivity index (χ3v) is 9.13. The number of anilines is 2. The number of aromatic nitrogens is 2. The van der Waals surface area contributed by atoms with Gasteiger partial charge in [-0.15, -0.1) is 0 Å². The van der Waals surface area contributed by atoms with E-state index in [-0.39, 0.29) is 43.3 Å². The number of hydrogen-bond donors (Lipinski definition) is 0. The number of nitrogens with zero attached hydrogens (tertiary/aromatic N) is 6. The van der Waals surface area contributed by atoms with Crippen LogP contribution in [-0.4, -0.2) is 89.4 Å². The molecule has 1 aromatic heterocycles. The normalized spacial score (nSPS) is 23.8. The summed E-state index contributed by atoms with van der Waals surface area (Å²) in [7, 11) is 2.05. The maximum atomic E-state index is 15.0. The van der Waals surface area contributed by atoms with Gasteiger partial charge in [0.05, 0.1) is 35.6 Å². The van der Waals surface area contributed by atoms with Crippen LogP contribution in [0.4, 0.5) is 33.9 Å². The third kappa shape index (κ3) is 5.99. The SMILES string of the molecule is CN1CCC[C@H]1COc1nc2c(c(N3CC4CCC(C3)N4C(=O)OC(C)(C)C)n1)CCN(c1c(F)ccc(F)c1C(F)F)C2. The standard InChI is InChI=1S/C31H40F4N6O3/c1-31(2,3)44-30(42)41-18-7-8-19(41)15-40(14-18)28-21-11-13-39(26-23(33)10-9-22(32)25(26)27(34)35)16-24(21)36-29(37-28)43-17-20-6-5-12-38(20)4/h9-10,18-20,27H,5-8,11-17H2,1-4H3/t18?,19?,20-/m0/s1. The van der Waals surface area contributed by atoms with Gasteiger partial charge in [-0.3, -0.25) is 4.90 Å². The maximum Gasteiger partial charge on any atom is 0.410 e. The molecule has 240 valence electrons. The fourth-order valence-corrected chi connectivity index (χ4v) is 7.04. The highest BCUT2D eigenvalue weighted by atomic mass is 19.3. The summed E-state index contributed by atoms with van der Waals surface area (Å²) in [5.41, 5.74) is -0.631. The highest BCUT2D eigenvalue weighted by molar-refractivity contribution is 5.70. The summed E-state index contributed by atoms with van der Waals surface area (Å²) in [6.07, 6.45) is 0.599. The summed E-state index contributed by atoms with van der Waals surface area (Å²) in [5, 5.41) is 0. The Bertz CT molecular complexity index is 1390. The van der Waals surface area contributed by atoms with Crippen LogP contribution in [0.15, 0.2) is 12.1 Å². The maximum absolute atomic E-state index is 15.0. The fraction of sp³-hybridized carbons (Fsp3) is 0.645. The van der Waals surface area contributed by atoms with Crippen molar-refractivity contribution in [2.75, 3.05) is 49.6 Å². The molecule has 13 heteroatoms. The molecule has 4 aliphatic heterocycles. The highest BCUT2D eigenvalue weighted by Crippen LogP contribution is 2.40. The van der Waals surface area contributed by atoms with Crippen LogP contribution in [0.3, 0.4) is 0 Å². The lowest BCUT2D eigenvalue weighted by molar-refractivity contribution is 0.0122. The lowest BCUT2D eigenvalue weighted by Gasteiger charge is -2.43. The molecule has 0 saturated carbocycles. The van der Waals surface area contributed by atoms with Gasteiger partial charge in [0.1, 0.15) is 29.7 Å². The first-order chi connectivity index (χ1) is 20.9. The number of benzene rings is 1. The lowest BCUT2D eigenvalue weighted by atomic mass is 10.0. The molecule has 9 nitrogen and oxygen atoms in total. The Morgan fingerprint density at radius 1 is 1.02 bits per heavy atom. The quantitative estimate of drug-likeness (QED) is 0.402. The van der Waals surface area contributed by atoms with Gasteiger partial charge in [0.2, 0.25) is 0 Å². The van der Waals surface area contributed by atoms with E-state index in [0.29, 0.717) is 37.6 Å². The number of carbonyl (C=O) groups excluding carboxylic acids is 1. The Morgan fingerprint density at radius 2 is 1.73 bits per heavy atom. The van der Waals surface area contributed by atoms with Crippen molar-refractivity contribution in [3.05, 3.63) is 40.6 Å². The Labute approximate surface area is 255 Å². The first-order valence-electron chi connectivity index (χ1n) is 15.4. The van der Waals surface area contributed by atoms with Crippen molar-refractivity contribution in [2.45, 2.75) is 89.6 Å². The van der Waals surface area contributed by atoms with Crippen molar-refractivity contribution in [3.8, 4) is 6.01 Å². The van der Waals surface area contributed by atoms with Crippen molar-refractivity contribution in [1.29, 1.82) is 0 Å². The van der Waals surface area contributed by atoms with E-state index in [1.54, 1.807) is 0 Å². The second kappa shape index (κ2) is 11.9. The van der Waals surface area contributed by atoms with E-state index in [1.165, 1.54) is 4.90 Å². The molecule has 3 fully saturated rings. The number of ether oxygens (including phenoxy) is 2. The topological polar surface area (TPSA) is 74.3 Å². The number of amides is 1. The number of hydrogen-bond acceptors (Lipinski definition) is 8. The van der Waals surface area contributed by atoms with E-state index >= 15 is 0 Å². The van der Waals surface area contributed by atoms with E-state index in [4.69, 9.17) is 14.5 Å². The number of carbonyl (C=O) groups is 1. The number of fused-ring (bicyclic) bond motifs is 3. The zero-order valence-corrected chi connectivity index (χ0v) is 25.7. The van der Waals surface area contributed by atoms with Gasteiger partial charge in [0, 0.05) is 31.2 Å². The summed E-state index contributed by atoms with van der Waals surface area (Å²) in [4.78, 5) is 30.3. The zero-order valence-electron chi connectivity index (χ0n) is 25.7. The molecule has 1 amide bonds. The van der Waals surface area contributed by atoms with Crippen LogP contribution in [0.5, 0.6) is 6.01 Å². The third-order valence-electron chi connectivity index (χ3n) is 9.13. The van der Waals surface area contributed by atoms with Crippen molar-refractivity contribution < 1.29 is 31.8 Å². The van der Waals surface area contributed by atoms with E-state index in [0.717, 1.165) is 49.9 Å². The molecule has 4 aliphatic rings. The Balaban J connectivity index is 1.31. The predicted octanol–water partition coefficient (Wildman–Crippen LogP) is 5.32. The lowest BCUT2D eigenvalue weighted by Crippen LogP contribution is -2.57. The molecule has 2 aromatic rings. The molecule has 1 aromatic carbocycles. The Hall–Kier alpha value is -3.35. The molecule has 0 spiro atoms. The average Bonchev–Trinajstić information content (AvgIpc) is 3.49. The molecule has 3 atom stereocenters. The molecule has 3 saturated heterocycles. The highest BCUT2D eigenvalue weighted by Gasteiger charge is 2.45. The summed E-state index contributed by atoms with van der Waals surface area (Å²) >= 11 is 0. The minimum Gasteiger partial charge on any atom is -0.462 e. The van der Waals surface area contributed by atoms with Crippen LogP contribution in [0.1, 0.15) is 69.7 Å². The van der Waals surface area contributed by atoms with Crippen LogP contribution in [0.2, 0.25) is 0 Å². The zero-order chi connectivity index (χ0) is 31.3. The first kappa shape index (κ1) is 30.7. The summed E-state index contributed by atoms with van der Waals surface area (Å²) in [6.45, 7) is 8.19. The molecule has 2 bridgehead atoms. The number of rotatable bonds is 6. The number of piperazine rings is 1. The van der Waals surface area contributed by atoms with Gasteiger partial charge in [-0.1, -0.05) is 0 Å². The second-order valence-electron chi connectivity index (χ2n) is 13.3. The smallest absolute Gasteiger partial charge is 0.410 e. The Kier molecular flexibility index (Phi) is 8.27. The molecule has 0 radical (unpaired) electrons. The second-order valence-corrected chi connectivity index (χ2v) is 13.3. The molecule has 5 heterocycles. The van der Waals surface area contributed by atoms with Gasteiger partial charge in [0.15, 0.2) is 0 Å². The number of halogens is 4. The van der Waals surface area contributed by atoms with Gasteiger partial charge in [-0.25, -0.2) is 22.4 Å². The molecule has 44 heavy (non-hydrogen) atoms. The van der Waals surface area contributed by atoms with Crippen molar-refractivity contribution in [2.24, 2.45) is 0 Å². The number of likely N-dealkylation sites (N-methyl/N-ethyl adjacent to an activating group) is 1. The number of alkyl halides is 2. The summed E-state index contributed by atoms with van der Waals surface area (Å²) in [6, 6.07) is 1.88. The van der Waals surface area contributed by atoms with Crippen LogP contribution >= 0.6 is 0 Å². The van der Waals surface area contributed by atoms with Gasteiger partial charge in [-0.2, -0.15) is 9.97 Å². The minimum absolute atomic E-state index is 0.00459. The van der Waals surface area contributed by atoms with Crippen molar-refractivity contribution in [1.82, 2.24) is 19.8 Å². The fourth-order valence-electron chi connectivity index (χ4n) is 7.04. The van der Waals surface area contributed by atoms with E-state index in [1.807, 2.05) is 32.7 Å². The Morgan fingerprint density at radius 3 is 2.36 bits per heavy atom. The van der Waals surface area contributed by atoms with E-state index in [2.05, 4.69) is 14.8 Å². The summed E-state index contributed by atoms with van der Waals surface area (Å²) in [5.74, 6) is -1.37. The molecular weight excluding hydrogens is 580 g/mol. The number of likely N-dealkylation sites (tertiary alicyclic amines) is 1. The monoisotopic (exact) mass is 620 g/mol. The van der Waals surface area contributed by atoms with Crippen LogP contribution < -0.4 is 14.5 Å². The van der Waals surface area contributed by atoms with Crippen LogP contribution in [0.25, 0.3) is 0 Å². The largest absolute Gasteiger partial charge is 0.462 e. The van der Waals surface area contributed by atoms with Gasteiger partial charge >= 0.3 is 12.1 Å². The van der Waals surface area contributed by atoms with E-state index in [9.17, 15) is 22.4 Å². The van der Waals surface area contributed by atoms with Gasteiger partial charge in [0.25, 0.3) is 6.43 Å². The predicted molar refractivity (Wildman–Crippen MR) is 156 cm³/mol. The molecule has 0 N–H and O–H groups in total. The van der Waals surface area contributed by atoms with Crippen molar-refractivity contribution >= 4 is 17.6 Å². The van der Waals surface area contributed by atoms with E-state index < -0.39 is 34.9 Å². The molecular formula is C31H40F4N6O3. The molecule has 0 aliphatic carbocycles.